The summed E-state index contributed by atoms with van der Waals surface area (Å²) in [6.07, 6.45) is -4.66. The summed E-state index contributed by atoms with van der Waals surface area (Å²) in [4.78, 5) is 11.9. The number of carbonyl (C=O) groups excluding carboxylic acids is 1. The van der Waals surface area contributed by atoms with Crippen LogP contribution in [0.25, 0.3) is 0 Å². The summed E-state index contributed by atoms with van der Waals surface area (Å²) in [5, 5.41) is 12.6. The fourth-order valence-corrected chi connectivity index (χ4v) is 2.72. The average molecular weight is 375 g/mol. The largest absolute Gasteiger partial charge is 0.417 e. The van der Waals surface area contributed by atoms with Crippen LogP contribution < -0.4 is 5.32 Å². The normalized spacial score (nSPS) is 11.0. The fraction of sp³-hybridized carbons (Fsp3) is 0.0769. The first-order valence-electron chi connectivity index (χ1n) is 5.48. The zero-order valence-corrected chi connectivity index (χ0v) is 12.6. The number of nitrogens with zero attached hydrogens (tertiary/aromatic N) is 1. The van der Waals surface area contributed by atoms with Crippen molar-refractivity contribution in [3.05, 3.63) is 50.1 Å². The number of amides is 1. The monoisotopic (exact) mass is 374 g/mol. The molecule has 0 aliphatic rings. The van der Waals surface area contributed by atoms with E-state index >= 15 is 0 Å². The molecule has 0 atom stereocenters. The van der Waals surface area contributed by atoms with Crippen LogP contribution in [-0.2, 0) is 6.18 Å². The van der Waals surface area contributed by atoms with Gasteiger partial charge in [-0.2, -0.15) is 18.4 Å². The lowest BCUT2D eigenvalue weighted by molar-refractivity contribution is -0.137. The molecule has 1 aromatic heterocycles. The molecule has 0 bridgehead atoms. The molecule has 1 aromatic carbocycles. The van der Waals surface area contributed by atoms with E-state index in [2.05, 4.69) is 21.2 Å². The Morgan fingerprint density at radius 1 is 1.33 bits per heavy atom. The zero-order chi connectivity index (χ0) is 15.6. The molecule has 21 heavy (non-hydrogen) atoms. The first kappa shape index (κ1) is 15.5. The summed E-state index contributed by atoms with van der Waals surface area (Å²) in [7, 11) is 0. The molecule has 2 aromatic rings. The van der Waals surface area contributed by atoms with Crippen molar-refractivity contribution in [3.8, 4) is 6.07 Å². The molecule has 0 unspecified atom stereocenters. The van der Waals surface area contributed by atoms with E-state index in [0.717, 1.165) is 15.9 Å². The molecule has 3 nitrogen and oxygen atoms in total. The first-order chi connectivity index (χ1) is 9.81. The van der Waals surface area contributed by atoms with Crippen molar-refractivity contribution in [2.75, 3.05) is 5.32 Å². The molecule has 0 aliphatic carbocycles. The lowest BCUT2D eigenvalue weighted by Gasteiger charge is -2.11. The van der Waals surface area contributed by atoms with Gasteiger partial charge in [-0.3, -0.25) is 4.79 Å². The van der Waals surface area contributed by atoms with Gasteiger partial charge >= 0.3 is 6.18 Å². The Kier molecular flexibility index (Phi) is 4.34. The van der Waals surface area contributed by atoms with Gasteiger partial charge in [0.1, 0.15) is 0 Å². The minimum Gasteiger partial charge on any atom is -0.322 e. The third-order valence-electron chi connectivity index (χ3n) is 2.53. The Morgan fingerprint density at radius 3 is 2.57 bits per heavy atom. The second kappa shape index (κ2) is 5.87. The number of hydrogen-bond acceptors (Lipinski definition) is 3. The molecular formula is C13H6BrF3N2OS. The van der Waals surface area contributed by atoms with E-state index in [4.69, 9.17) is 5.26 Å². The van der Waals surface area contributed by atoms with Gasteiger partial charge in [0.15, 0.2) is 0 Å². The second-order valence-corrected chi connectivity index (χ2v) is 6.25. The molecule has 0 spiro atoms. The Balaban J connectivity index is 2.30. The third-order valence-corrected chi connectivity index (χ3v) is 4.04. The molecule has 1 amide bonds. The number of benzene rings is 1. The van der Waals surface area contributed by atoms with E-state index in [9.17, 15) is 18.0 Å². The SMILES string of the molecule is N#Cc1ccc(NC(=O)c2csc(Br)c2)cc1C(F)(F)F. The van der Waals surface area contributed by atoms with Gasteiger partial charge in [0.05, 0.1) is 26.5 Å². The number of hydrogen-bond donors (Lipinski definition) is 1. The van der Waals surface area contributed by atoms with Crippen molar-refractivity contribution < 1.29 is 18.0 Å². The standard InChI is InChI=1S/C13H6BrF3N2OS/c14-11-3-8(6-21-11)12(20)19-9-2-1-7(5-18)10(4-9)13(15,16)17/h1-4,6H,(H,19,20). The molecule has 0 radical (unpaired) electrons. The molecule has 0 fully saturated rings. The van der Waals surface area contributed by atoms with Crippen molar-refractivity contribution in [3.63, 3.8) is 0 Å². The molecule has 1 heterocycles. The molecule has 0 aliphatic heterocycles. The van der Waals surface area contributed by atoms with Crippen LogP contribution in [0, 0.1) is 11.3 Å². The lowest BCUT2D eigenvalue weighted by atomic mass is 10.1. The summed E-state index contributed by atoms with van der Waals surface area (Å²) in [6, 6.07) is 6.08. The van der Waals surface area contributed by atoms with Crippen molar-refractivity contribution in [2.24, 2.45) is 0 Å². The highest BCUT2D eigenvalue weighted by Crippen LogP contribution is 2.33. The Bertz CT molecular complexity index is 734. The summed E-state index contributed by atoms with van der Waals surface area (Å²) in [5.41, 5.74) is -1.24. The van der Waals surface area contributed by atoms with Crippen LogP contribution in [-0.4, -0.2) is 5.91 Å². The summed E-state index contributed by atoms with van der Waals surface area (Å²) < 4.78 is 39.2. The van der Waals surface area contributed by atoms with Crippen LogP contribution >= 0.6 is 27.3 Å². The van der Waals surface area contributed by atoms with Crippen molar-refractivity contribution in [1.29, 1.82) is 5.26 Å². The van der Waals surface area contributed by atoms with E-state index in [-0.39, 0.29) is 5.69 Å². The van der Waals surface area contributed by atoms with Gasteiger partial charge in [0.2, 0.25) is 0 Å². The summed E-state index contributed by atoms with van der Waals surface area (Å²) >= 11 is 4.49. The van der Waals surface area contributed by atoms with Crippen LogP contribution in [0.15, 0.2) is 33.4 Å². The molecular weight excluding hydrogens is 369 g/mol. The van der Waals surface area contributed by atoms with Crippen LogP contribution in [0.4, 0.5) is 18.9 Å². The van der Waals surface area contributed by atoms with Gasteiger partial charge in [-0.15, -0.1) is 11.3 Å². The highest BCUT2D eigenvalue weighted by molar-refractivity contribution is 9.11. The number of nitrogens with one attached hydrogen (secondary N) is 1. The van der Waals surface area contributed by atoms with Gasteiger partial charge in [-0.1, -0.05) is 0 Å². The van der Waals surface area contributed by atoms with Crippen LogP contribution in [0.2, 0.25) is 0 Å². The van der Waals surface area contributed by atoms with E-state index in [0.29, 0.717) is 5.56 Å². The molecule has 2 rings (SSSR count). The number of nitriles is 1. The van der Waals surface area contributed by atoms with Gasteiger partial charge in [0, 0.05) is 11.1 Å². The summed E-state index contributed by atoms with van der Waals surface area (Å²) in [5.74, 6) is -0.519. The maximum Gasteiger partial charge on any atom is 0.417 e. The number of anilines is 1. The van der Waals surface area contributed by atoms with Gasteiger partial charge in [-0.25, -0.2) is 0 Å². The smallest absolute Gasteiger partial charge is 0.322 e. The lowest BCUT2D eigenvalue weighted by Crippen LogP contribution is -2.13. The molecule has 1 N–H and O–H groups in total. The zero-order valence-electron chi connectivity index (χ0n) is 10.2. The predicted octanol–water partition coefficient (Wildman–Crippen LogP) is 4.65. The maximum atomic E-state index is 12.8. The van der Waals surface area contributed by atoms with E-state index in [1.807, 2.05) is 0 Å². The van der Waals surface area contributed by atoms with Crippen molar-refractivity contribution >= 4 is 38.9 Å². The van der Waals surface area contributed by atoms with Gasteiger partial charge in [-0.05, 0) is 40.2 Å². The average Bonchev–Trinajstić information content (AvgIpc) is 2.84. The number of alkyl halides is 3. The quantitative estimate of drug-likeness (QED) is 0.831. The number of carbonyl (C=O) groups is 1. The first-order valence-corrected chi connectivity index (χ1v) is 7.15. The van der Waals surface area contributed by atoms with Crippen molar-refractivity contribution in [2.45, 2.75) is 6.18 Å². The highest BCUT2D eigenvalue weighted by Gasteiger charge is 2.34. The van der Waals surface area contributed by atoms with Crippen LogP contribution in [0.5, 0.6) is 0 Å². The molecule has 0 saturated heterocycles. The maximum absolute atomic E-state index is 12.8. The molecule has 0 saturated carbocycles. The van der Waals surface area contributed by atoms with Gasteiger partial charge in [0.25, 0.3) is 5.91 Å². The van der Waals surface area contributed by atoms with Crippen LogP contribution in [0.1, 0.15) is 21.5 Å². The minimum absolute atomic E-state index is 0.0198. The van der Waals surface area contributed by atoms with Gasteiger partial charge < -0.3 is 5.32 Å². The number of halogens is 4. The van der Waals surface area contributed by atoms with E-state index in [1.54, 1.807) is 11.4 Å². The van der Waals surface area contributed by atoms with E-state index < -0.39 is 23.2 Å². The molecule has 8 heteroatoms. The number of rotatable bonds is 2. The third kappa shape index (κ3) is 3.62. The van der Waals surface area contributed by atoms with Crippen LogP contribution in [0.3, 0.4) is 0 Å². The minimum atomic E-state index is -4.66. The van der Waals surface area contributed by atoms with E-state index in [1.165, 1.54) is 23.5 Å². The summed E-state index contributed by atoms with van der Waals surface area (Å²) in [6.45, 7) is 0. The van der Waals surface area contributed by atoms with Crippen molar-refractivity contribution in [1.82, 2.24) is 0 Å². The molecule has 108 valence electrons. The Labute approximate surface area is 130 Å². The fourth-order valence-electron chi connectivity index (χ4n) is 1.59. The topological polar surface area (TPSA) is 52.9 Å². The second-order valence-electron chi connectivity index (χ2n) is 3.96. The highest BCUT2D eigenvalue weighted by atomic mass is 79.9. The number of thiophene rings is 1. The Hall–Kier alpha value is -1.85. The predicted molar refractivity (Wildman–Crippen MR) is 76.1 cm³/mol. The Morgan fingerprint density at radius 2 is 2.05 bits per heavy atom.